The van der Waals surface area contributed by atoms with Gasteiger partial charge in [0.15, 0.2) is 0 Å². The summed E-state index contributed by atoms with van der Waals surface area (Å²) in [4.78, 5) is 43.7. The number of imidazole rings is 1. The molecule has 0 aromatic carbocycles. The van der Waals surface area contributed by atoms with Crippen molar-refractivity contribution in [2.24, 2.45) is 5.92 Å². The first kappa shape index (κ1) is 18.5. The number of piperidine rings is 1. The molecule has 1 fully saturated rings. The minimum absolute atomic E-state index is 0.00688. The van der Waals surface area contributed by atoms with Crippen LogP contribution in [0.4, 0.5) is 0 Å². The molecule has 1 saturated heterocycles. The van der Waals surface area contributed by atoms with E-state index >= 15 is 0 Å². The number of carbonyl (C=O) groups is 2. The third-order valence-electron chi connectivity index (χ3n) is 5.94. The Morgan fingerprint density at radius 3 is 2.86 bits per heavy atom. The molecule has 8 nitrogen and oxygen atoms in total. The number of hydrogen-bond acceptors (Lipinski definition) is 4. The van der Waals surface area contributed by atoms with Crippen molar-refractivity contribution in [2.45, 2.75) is 45.3 Å². The van der Waals surface area contributed by atoms with Crippen molar-refractivity contribution in [3.8, 4) is 0 Å². The Labute approximate surface area is 163 Å². The lowest BCUT2D eigenvalue weighted by Gasteiger charge is -2.46. The number of aromatic nitrogens is 3. The molecule has 2 amide bonds. The minimum Gasteiger partial charge on any atom is -0.349 e. The van der Waals surface area contributed by atoms with Crippen molar-refractivity contribution in [3.05, 3.63) is 52.5 Å². The molecular weight excluding hydrogens is 358 g/mol. The summed E-state index contributed by atoms with van der Waals surface area (Å²) in [5.74, 6) is -0.173. The fourth-order valence-electron chi connectivity index (χ4n) is 4.59. The highest BCUT2D eigenvalue weighted by molar-refractivity contribution is 5.81. The average Bonchev–Trinajstić information content (AvgIpc) is 3.14. The summed E-state index contributed by atoms with van der Waals surface area (Å²) in [6.45, 7) is 5.79. The third-order valence-corrected chi connectivity index (χ3v) is 5.94. The molecule has 0 saturated carbocycles. The molecule has 4 rings (SSSR count). The highest BCUT2D eigenvalue weighted by atomic mass is 16.2. The van der Waals surface area contributed by atoms with E-state index in [0.29, 0.717) is 19.6 Å². The van der Waals surface area contributed by atoms with Crippen molar-refractivity contribution in [1.82, 2.24) is 24.3 Å². The second kappa shape index (κ2) is 7.26. The summed E-state index contributed by atoms with van der Waals surface area (Å²) >= 11 is 0. The van der Waals surface area contributed by atoms with Gasteiger partial charge in [-0.1, -0.05) is 6.07 Å². The number of aryl methyl sites for hydroxylation is 1. The van der Waals surface area contributed by atoms with E-state index in [4.69, 9.17) is 0 Å². The van der Waals surface area contributed by atoms with Crippen LogP contribution in [0.5, 0.6) is 0 Å². The van der Waals surface area contributed by atoms with E-state index in [1.165, 1.54) is 6.07 Å². The van der Waals surface area contributed by atoms with Crippen LogP contribution in [-0.2, 0) is 22.7 Å². The van der Waals surface area contributed by atoms with Gasteiger partial charge in [-0.05, 0) is 19.4 Å². The summed E-state index contributed by atoms with van der Waals surface area (Å²) in [6, 6.07) is 4.52. The molecule has 2 aromatic heterocycles. The van der Waals surface area contributed by atoms with Gasteiger partial charge in [-0.3, -0.25) is 19.0 Å². The van der Waals surface area contributed by atoms with Crippen LogP contribution in [0.1, 0.15) is 43.6 Å². The Hall–Kier alpha value is -2.90. The first-order chi connectivity index (χ1) is 13.5. The molecule has 2 aromatic rings. The third kappa shape index (κ3) is 3.12. The number of pyridine rings is 1. The normalized spacial score (nSPS) is 23.2. The van der Waals surface area contributed by atoms with Crippen LogP contribution in [0.2, 0.25) is 0 Å². The summed E-state index contributed by atoms with van der Waals surface area (Å²) < 4.78 is 3.61. The maximum Gasteiger partial charge on any atom is 0.251 e. The van der Waals surface area contributed by atoms with Crippen LogP contribution in [-0.4, -0.2) is 43.9 Å². The van der Waals surface area contributed by atoms with E-state index in [9.17, 15) is 14.4 Å². The van der Waals surface area contributed by atoms with Gasteiger partial charge in [0.1, 0.15) is 6.04 Å². The van der Waals surface area contributed by atoms with E-state index in [1.807, 2.05) is 17.6 Å². The Balaban J connectivity index is 1.64. The molecule has 1 N–H and O–H groups in total. The molecule has 8 heteroatoms. The van der Waals surface area contributed by atoms with Gasteiger partial charge in [-0.15, -0.1) is 0 Å². The Morgan fingerprint density at radius 1 is 1.29 bits per heavy atom. The van der Waals surface area contributed by atoms with E-state index in [1.54, 1.807) is 35.0 Å². The molecule has 0 aliphatic carbocycles. The number of fused-ring (bicyclic) bond motifs is 4. The maximum absolute atomic E-state index is 13.2. The zero-order chi connectivity index (χ0) is 19.8. The second-order valence-electron chi connectivity index (χ2n) is 7.61. The van der Waals surface area contributed by atoms with Crippen molar-refractivity contribution in [3.63, 3.8) is 0 Å². The number of carbonyl (C=O) groups excluding carboxylic acids is 2. The number of rotatable bonds is 4. The molecule has 2 aliphatic rings. The zero-order valence-corrected chi connectivity index (χ0v) is 16.2. The summed E-state index contributed by atoms with van der Waals surface area (Å²) in [5.41, 5.74) is 1.59. The Bertz CT molecular complexity index is 963. The maximum atomic E-state index is 13.2. The number of amides is 2. The fraction of sp³-hybridized carbons (Fsp3) is 0.500. The van der Waals surface area contributed by atoms with Gasteiger partial charge in [0.05, 0.1) is 18.6 Å². The van der Waals surface area contributed by atoms with Gasteiger partial charge >= 0.3 is 0 Å². The second-order valence-corrected chi connectivity index (χ2v) is 7.61. The molecule has 2 bridgehead atoms. The highest BCUT2D eigenvalue weighted by Crippen LogP contribution is 2.41. The van der Waals surface area contributed by atoms with Crippen LogP contribution in [0.3, 0.4) is 0 Å². The van der Waals surface area contributed by atoms with Crippen molar-refractivity contribution < 1.29 is 9.59 Å². The van der Waals surface area contributed by atoms with Gasteiger partial charge in [0.25, 0.3) is 5.56 Å². The minimum atomic E-state index is -0.611. The molecule has 148 valence electrons. The molecule has 2 aliphatic heterocycles. The van der Waals surface area contributed by atoms with Crippen LogP contribution in [0.25, 0.3) is 0 Å². The smallest absolute Gasteiger partial charge is 0.251 e. The van der Waals surface area contributed by atoms with Crippen LogP contribution in [0.15, 0.2) is 35.5 Å². The van der Waals surface area contributed by atoms with Gasteiger partial charge in [0.2, 0.25) is 11.8 Å². The number of nitrogens with zero attached hydrogens (tertiary/aromatic N) is 4. The lowest BCUT2D eigenvalue weighted by Crippen LogP contribution is -2.54. The number of likely N-dealkylation sites (tertiary alicyclic amines) is 1. The van der Waals surface area contributed by atoms with Crippen molar-refractivity contribution in [2.75, 3.05) is 13.1 Å². The first-order valence-corrected chi connectivity index (χ1v) is 9.73. The molecule has 4 heterocycles. The Morgan fingerprint density at radius 2 is 2.11 bits per heavy atom. The molecular formula is C20H25N5O3. The van der Waals surface area contributed by atoms with Gasteiger partial charge in [-0.25, -0.2) is 4.98 Å². The van der Waals surface area contributed by atoms with Gasteiger partial charge < -0.3 is 14.8 Å². The first-order valence-electron chi connectivity index (χ1n) is 9.73. The predicted octanol–water partition coefficient (Wildman–Crippen LogP) is 0.888. The quantitative estimate of drug-likeness (QED) is 0.849. The lowest BCUT2D eigenvalue weighted by molar-refractivity contribution is -0.135. The molecule has 0 spiro atoms. The van der Waals surface area contributed by atoms with E-state index in [-0.39, 0.29) is 29.2 Å². The fourth-order valence-corrected chi connectivity index (χ4v) is 4.59. The van der Waals surface area contributed by atoms with Crippen LogP contribution < -0.4 is 10.9 Å². The SMILES string of the molecule is CCn1cncc1CNC(=O)[C@H]1[C@H]2C[C@H](CN(C(C)=O)C2)c2cccc(=O)n21. The molecule has 28 heavy (non-hydrogen) atoms. The van der Waals surface area contributed by atoms with Crippen molar-refractivity contribution in [1.29, 1.82) is 0 Å². The highest BCUT2D eigenvalue weighted by Gasteiger charge is 2.44. The van der Waals surface area contributed by atoms with Gasteiger partial charge in [-0.2, -0.15) is 0 Å². The van der Waals surface area contributed by atoms with Gasteiger partial charge in [0, 0.05) is 56.4 Å². The van der Waals surface area contributed by atoms with Crippen molar-refractivity contribution >= 4 is 11.8 Å². The molecule has 3 atom stereocenters. The zero-order valence-electron chi connectivity index (χ0n) is 16.2. The standard InChI is InChI=1S/C20H25N5O3/c1-3-23-12-21-8-16(23)9-22-20(28)19-15-7-14(10-24(11-15)13(2)26)17-5-4-6-18(27)25(17)19/h4-6,8,12,14-15,19H,3,7,9-11H2,1-2H3,(H,22,28)/t14-,15+,19-/m1/s1. The monoisotopic (exact) mass is 383 g/mol. The van der Waals surface area contributed by atoms with Crippen LogP contribution in [0, 0.1) is 5.92 Å². The predicted molar refractivity (Wildman–Crippen MR) is 103 cm³/mol. The summed E-state index contributed by atoms with van der Waals surface area (Å²) in [6.07, 6.45) is 4.27. The van der Waals surface area contributed by atoms with E-state index in [2.05, 4.69) is 10.3 Å². The number of nitrogens with one attached hydrogen (secondary N) is 1. The topological polar surface area (TPSA) is 89.2 Å². The lowest BCUT2D eigenvalue weighted by atomic mass is 9.78. The summed E-state index contributed by atoms with van der Waals surface area (Å²) in [7, 11) is 0. The number of hydrogen-bond donors (Lipinski definition) is 1. The average molecular weight is 383 g/mol. The van der Waals surface area contributed by atoms with E-state index in [0.717, 1.165) is 24.4 Å². The largest absolute Gasteiger partial charge is 0.349 e. The van der Waals surface area contributed by atoms with Crippen LogP contribution >= 0.6 is 0 Å². The summed E-state index contributed by atoms with van der Waals surface area (Å²) in [5, 5.41) is 2.98. The molecule has 0 radical (unpaired) electrons. The molecule has 0 unspecified atom stereocenters. The Kier molecular flexibility index (Phi) is 4.78. The van der Waals surface area contributed by atoms with E-state index < -0.39 is 6.04 Å².